The minimum Gasteiger partial charge on any atom is -0.393 e. The zero-order chi connectivity index (χ0) is 13.0. The molecule has 2 rings (SSSR count). The third-order valence-corrected chi connectivity index (χ3v) is 3.97. The second-order valence-electron chi connectivity index (χ2n) is 4.98. The summed E-state index contributed by atoms with van der Waals surface area (Å²) < 4.78 is 13.1. The fourth-order valence-electron chi connectivity index (χ4n) is 2.50. The van der Waals surface area contributed by atoms with E-state index in [-0.39, 0.29) is 11.9 Å². The largest absolute Gasteiger partial charge is 0.393 e. The Morgan fingerprint density at radius 2 is 2.11 bits per heavy atom. The predicted octanol–water partition coefficient (Wildman–Crippen LogP) is 3.12. The van der Waals surface area contributed by atoms with Crippen LogP contribution in [0.4, 0.5) is 4.39 Å². The molecule has 1 fully saturated rings. The maximum Gasteiger partial charge on any atom is 0.123 e. The minimum atomic E-state index is -0.270. The van der Waals surface area contributed by atoms with Crippen LogP contribution < -0.4 is 5.32 Å². The van der Waals surface area contributed by atoms with Crippen LogP contribution in [0.3, 0.4) is 0 Å². The van der Waals surface area contributed by atoms with Crippen molar-refractivity contribution in [3.63, 3.8) is 0 Å². The summed E-state index contributed by atoms with van der Waals surface area (Å²) in [5.41, 5.74) is 0.766. The van der Waals surface area contributed by atoms with Gasteiger partial charge in [0.1, 0.15) is 5.82 Å². The first kappa shape index (κ1) is 13.8. The monoisotopic (exact) mass is 271 g/mol. The lowest BCUT2D eigenvalue weighted by atomic mass is 9.86. The van der Waals surface area contributed by atoms with Crippen LogP contribution in [-0.2, 0) is 6.54 Å². The molecular weight excluding hydrogens is 253 g/mol. The van der Waals surface area contributed by atoms with Gasteiger partial charge in [0, 0.05) is 18.1 Å². The molecule has 2 unspecified atom stereocenters. The summed E-state index contributed by atoms with van der Waals surface area (Å²) in [6, 6.07) is 4.38. The molecule has 1 aliphatic carbocycles. The molecule has 0 saturated heterocycles. The van der Waals surface area contributed by atoms with E-state index in [4.69, 9.17) is 11.6 Å². The Labute approximate surface area is 112 Å². The standard InChI is InChI=1S/C14H19ClFNO/c15-13-6-5-12(16)7-11(13)9-17-8-10-3-1-2-4-14(10)18/h5-7,10,14,17-18H,1-4,8-9H2. The minimum absolute atomic E-state index is 0.200. The van der Waals surface area contributed by atoms with Crippen molar-refractivity contribution in [1.82, 2.24) is 5.32 Å². The fraction of sp³-hybridized carbons (Fsp3) is 0.571. The van der Waals surface area contributed by atoms with Gasteiger partial charge in [-0.25, -0.2) is 4.39 Å². The average molecular weight is 272 g/mol. The topological polar surface area (TPSA) is 32.3 Å². The Kier molecular flexibility index (Phi) is 4.98. The zero-order valence-corrected chi connectivity index (χ0v) is 11.1. The highest BCUT2D eigenvalue weighted by molar-refractivity contribution is 6.31. The molecule has 0 amide bonds. The van der Waals surface area contributed by atoms with E-state index in [1.54, 1.807) is 6.07 Å². The molecule has 0 heterocycles. The van der Waals surface area contributed by atoms with Crippen molar-refractivity contribution >= 4 is 11.6 Å². The van der Waals surface area contributed by atoms with Gasteiger partial charge in [0.15, 0.2) is 0 Å². The molecule has 0 aliphatic heterocycles. The first-order valence-corrected chi connectivity index (χ1v) is 6.87. The van der Waals surface area contributed by atoms with E-state index in [0.717, 1.165) is 31.4 Å². The van der Waals surface area contributed by atoms with Crippen molar-refractivity contribution in [2.24, 2.45) is 5.92 Å². The number of hydrogen-bond donors (Lipinski definition) is 2. The molecule has 1 aliphatic rings. The Morgan fingerprint density at radius 1 is 1.33 bits per heavy atom. The fourth-order valence-corrected chi connectivity index (χ4v) is 2.68. The van der Waals surface area contributed by atoms with Crippen molar-refractivity contribution in [3.8, 4) is 0 Å². The van der Waals surface area contributed by atoms with Crippen molar-refractivity contribution < 1.29 is 9.50 Å². The number of aliphatic hydroxyl groups is 1. The Bertz CT molecular complexity index is 399. The molecule has 18 heavy (non-hydrogen) atoms. The van der Waals surface area contributed by atoms with Gasteiger partial charge in [-0.15, -0.1) is 0 Å². The normalized spacial score (nSPS) is 24.2. The molecule has 1 aromatic rings. The van der Waals surface area contributed by atoms with Crippen LogP contribution in [0.15, 0.2) is 18.2 Å². The van der Waals surface area contributed by atoms with Gasteiger partial charge >= 0.3 is 0 Å². The molecule has 2 N–H and O–H groups in total. The van der Waals surface area contributed by atoms with Gasteiger partial charge in [0.05, 0.1) is 6.10 Å². The third kappa shape index (κ3) is 3.67. The number of benzene rings is 1. The Balaban J connectivity index is 1.82. The summed E-state index contributed by atoms with van der Waals surface area (Å²) in [5.74, 6) is 0.0417. The highest BCUT2D eigenvalue weighted by Crippen LogP contribution is 2.24. The van der Waals surface area contributed by atoms with Gasteiger partial charge < -0.3 is 10.4 Å². The van der Waals surface area contributed by atoms with Crippen LogP contribution in [0.2, 0.25) is 5.02 Å². The molecule has 0 aromatic heterocycles. The summed E-state index contributed by atoms with van der Waals surface area (Å²) in [4.78, 5) is 0. The third-order valence-electron chi connectivity index (χ3n) is 3.60. The van der Waals surface area contributed by atoms with Gasteiger partial charge in [-0.2, -0.15) is 0 Å². The lowest BCUT2D eigenvalue weighted by Crippen LogP contribution is -2.33. The molecule has 0 bridgehead atoms. The molecule has 4 heteroatoms. The van der Waals surface area contributed by atoms with Gasteiger partial charge in [-0.05, 0) is 42.5 Å². The molecule has 0 spiro atoms. The van der Waals surface area contributed by atoms with Gasteiger partial charge in [-0.3, -0.25) is 0 Å². The molecule has 100 valence electrons. The first-order valence-electron chi connectivity index (χ1n) is 6.49. The molecule has 1 saturated carbocycles. The highest BCUT2D eigenvalue weighted by Gasteiger charge is 2.22. The average Bonchev–Trinajstić information content (AvgIpc) is 2.36. The summed E-state index contributed by atoms with van der Waals surface area (Å²) in [6.07, 6.45) is 4.06. The lowest BCUT2D eigenvalue weighted by molar-refractivity contribution is 0.0695. The second-order valence-corrected chi connectivity index (χ2v) is 5.39. The van der Waals surface area contributed by atoms with Crippen LogP contribution in [0, 0.1) is 11.7 Å². The van der Waals surface area contributed by atoms with E-state index in [9.17, 15) is 9.50 Å². The lowest BCUT2D eigenvalue weighted by Gasteiger charge is -2.27. The molecule has 2 nitrogen and oxygen atoms in total. The quantitative estimate of drug-likeness (QED) is 0.882. The van der Waals surface area contributed by atoms with Crippen LogP contribution in [0.1, 0.15) is 31.2 Å². The summed E-state index contributed by atoms with van der Waals surface area (Å²) in [5, 5.41) is 13.7. The van der Waals surface area contributed by atoms with E-state index in [2.05, 4.69) is 5.32 Å². The zero-order valence-electron chi connectivity index (χ0n) is 10.3. The summed E-state index contributed by atoms with van der Waals surface area (Å²) in [7, 11) is 0. The van der Waals surface area contributed by atoms with Crippen molar-refractivity contribution in [3.05, 3.63) is 34.6 Å². The Morgan fingerprint density at radius 3 is 2.89 bits per heavy atom. The molecular formula is C14H19ClFNO. The summed E-state index contributed by atoms with van der Waals surface area (Å²) in [6.45, 7) is 1.30. The first-order chi connectivity index (χ1) is 8.66. The number of nitrogens with one attached hydrogen (secondary N) is 1. The second kappa shape index (κ2) is 6.50. The molecule has 1 aromatic carbocycles. The van der Waals surface area contributed by atoms with Crippen LogP contribution in [-0.4, -0.2) is 17.8 Å². The van der Waals surface area contributed by atoms with E-state index in [1.807, 2.05) is 0 Å². The highest BCUT2D eigenvalue weighted by atomic mass is 35.5. The van der Waals surface area contributed by atoms with Gasteiger partial charge in [0.2, 0.25) is 0 Å². The maximum absolute atomic E-state index is 13.1. The van der Waals surface area contributed by atoms with Crippen LogP contribution in [0.25, 0.3) is 0 Å². The number of hydrogen-bond acceptors (Lipinski definition) is 2. The SMILES string of the molecule is OC1CCCCC1CNCc1cc(F)ccc1Cl. The molecule has 0 radical (unpaired) electrons. The van der Waals surface area contributed by atoms with Crippen molar-refractivity contribution in [1.29, 1.82) is 0 Å². The van der Waals surface area contributed by atoms with Crippen molar-refractivity contribution in [2.75, 3.05) is 6.54 Å². The van der Waals surface area contributed by atoms with E-state index in [1.165, 1.54) is 18.6 Å². The number of halogens is 2. The van der Waals surface area contributed by atoms with Crippen LogP contribution >= 0.6 is 11.6 Å². The number of aliphatic hydroxyl groups excluding tert-OH is 1. The summed E-state index contributed by atoms with van der Waals surface area (Å²) >= 11 is 5.99. The maximum atomic E-state index is 13.1. The van der Waals surface area contributed by atoms with Crippen molar-refractivity contribution in [2.45, 2.75) is 38.3 Å². The number of rotatable bonds is 4. The van der Waals surface area contributed by atoms with E-state index >= 15 is 0 Å². The molecule has 2 atom stereocenters. The predicted molar refractivity (Wildman–Crippen MR) is 71.1 cm³/mol. The van der Waals surface area contributed by atoms with E-state index in [0.29, 0.717) is 17.5 Å². The van der Waals surface area contributed by atoms with Crippen LogP contribution in [0.5, 0.6) is 0 Å². The van der Waals surface area contributed by atoms with Gasteiger partial charge in [0.25, 0.3) is 0 Å². The Hall–Kier alpha value is -0.640. The smallest absolute Gasteiger partial charge is 0.123 e. The van der Waals surface area contributed by atoms with E-state index < -0.39 is 0 Å². The van der Waals surface area contributed by atoms with Gasteiger partial charge in [-0.1, -0.05) is 24.4 Å².